The number of hydrogen-bond acceptors (Lipinski definition) is 4. The van der Waals surface area contributed by atoms with E-state index in [1.807, 2.05) is 38.1 Å². The standard InChI is InChI=1S/C19H20N2O3/c1-12(2)24-18-16(19(22)21-10-9-20-13(21)3)8-6-14-5-7-15(23-4)11-17(14)18/h5-12H,1-4H3. The van der Waals surface area contributed by atoms with Crippen LogP contribution < -0.4 is 9.47 Å². The number of fused-ring (bicyclic) bond motifs is 1. The van der Waals surface area contributed by atoms with Crippen molar-refractivity contribution in [3.8, 4) is 11.5 Å². The van der Waals surface area contributed by atoms with Gasteiger partial charge in [-0.25, -0.2) is 4.98 Å². The molecule has 3 aromatic rings. The molecule has 0 N–H and O–H groups in total. The third kappa shape index (κ3) is 2.85. The average Bonchev–Trinajstić information content (AvgIpc) is 2.99. The predicted octanol–water partition coefficient (Wildman–Crippen LogP) is 3.83. The second-order valence-corrected chi connectivity index (χ2v) is 5.85. The summed E-state index contributed by atoms with van der Waals surface area (Å²) in [5.74, 6) is 1.77. The molecule has 5 heteroatoms. The van der Waals surface area contributed by atoms with Gasteiger partial charge in [0, 0.05) is 17.8 Å². The van der Waals surface area contributed by atoms with Crippen molar-refractivity contribution in [3.05, 3.63) is 54.1 Å². The third-order valence-electron chi connectivity index (χ3n) is 3.81. The van der Waals surface area contributed by atoms with Crippen molar-refractivity contribution in [2.45, 2.75) is 26.9 Å². The fourth-order valence-corrected chi connectivity index (χ4v) is 2.65. The average molecular weight is 324 g/mol. The summed E-state index contributed by atoms with van der Waals surface area (Å²) in [6.45, 7) is 5.68. The molecule has 0 bridgehead atoms. The highest BCUT2D eigenvalue weighted by atomic mass is 16.5. The maximum atomic E-state index is 12.9. The second-order valence-electron chi connectivity index (χ2n) is 5.85. The SMILES string of the molecule is COc1ccc2ccc(C(=O)n3ccnc3C)c(OC(C)C)c2c1. The molecule has 1 aromatic heterocycles. The number of benzene rings is 2. The van der Waals surface area contributed by atoms with Gasteiger partial charge in [0.15, 0.2) is 0 Å². The van der Waals surface area contributed by atoms with E-state index in [0.29, 0.717) is 17.1 Å². The number of methoxy groups -OCH3 is 1. The summed E-state index contributed by atoms with van der Waals surface area (Å²) >= 11 is 0. The Morgan fingerprint density at radius 3 is 2.58 bits per heavy atom. The van der Waals surface area contributed by atoms with E-state index < -0.39 is 0 Å². The number of aromatic nitrogens is 2. The Kier molecular flexibility index (Phi) is 4.25. The lowest BCUT2D eigenvalue weighted by Gasteiger charge is -2.17. The van der Waals surface area contributed by atoms with Gasteiger partial charge in [0.2, 0.25) is 0 Å². The van der Waals surface area contributed by atoms with Crippen LogP contribution in [0.5, 0.6) is 11.5 Å². The lowest BCUT2D eigenvalue weighted by molar-refractivity contribution is 0.0952. The van der Waals surface area contributed by atoms with Crippen molar-refractivity contribution in [2.75, 3.05) is 7.11 Å². The zero-order chi connectivity index (χ0) is 17.3. The van der Waals surface area contributed by atoms with Crippen LogP contribution in [0.2, 0.25) is 0 Å². The van der Waals surface area contributed by atoms with Gasteiger partial charge in [-0.15, -0.1) is 0 Å². The Balaban J connectivity index is 2.23. The summed E-state index contributed by atoms with van der Waals surface area (Å²) in [7, 11) is 1.62. The summed E-state index contributed by atoms with van der Waals surface area (Å²) in [6, 6.07) is 9.46. The van der Waals surface area contributed by atoms with E-state index in [9.17, 15) is 4.79 Å². The summed E-state index contributed by atoms with van der Waals surface area (Å²) in [4.78, 5) is 17.1. The number of ether oxygens (including phenoxy) is 2. The Morgan fingerprint density at radius 1 is 1.21 bits per heavy atom. The molecule has 0 radical (unpaired) electrons. The number of carbonyl (C=O) groups excluding carboxylic acids is 1. The maximum Gasteiger partial charge on any atom is 0.267 e. The molecule has 0 aliphatic rings. The molecular weight excluding hydrogens is 304 g/mol. The number of carbonyl (C=O) groups is 1. The van der Waals surface area contributed by atoms with Gasteiger partial charge in [-0.2, -0.15) is 0 Å². The summed E-state index contributed by atoms with van der Waals surface area (Å²) in [5.41, 5.74) is 0.505. The van der Waals surface area contributed by atoms with Gasteiger partial charge in [-0.3, -0.25) is 9.36 Å². The quantitative estimate of drug-likeness (QED) is 0.732. The summed E-state index contributed by atoms with van der Waals surface area (Å²) in [6.07, 6.45) is 3.21. The molecule has 0 aliphatic carbocycles. The first-order valence-electron chi connectivity index (χ1n) is 7.83. The number of aryl methyl sites for hydroxylation is 1. The van der Waals surface area contributed by atoms with Crippen molar-refractivity contribution in [3.63, 3.8) is 0 Å². The highest BCUT2D eigenvalue weighted by Gasteiger charge is 2.19. The van der Waals surface area contributed by atoms with E-state index in [1.54, 1.807) is 32.5 Å². The van der Waals surface area contributed by atoms with Crippen LogP contribution >= 0.6 is 0 Å². The Labute approximate surface area is 140 Å². The van der Waals surface area contributed by atoms with Crippen LogP contribution in [-0.2, 0) is 0 Å². The summed E-state index contributed by atoms with van der Waals surface area (Å²) < 4.78 is 12.8. The van der Waals surface area contributed by atoms with E-state index in [2.05, 4.69) is 4.98 Å². The minimum atomic E-state index is -0.162. The largest absolute Gasteiger partial charge is 0.497 e. The van der Waals surface area contributed by atoms with E-state index in [-0.39, 0.29) is 12.0 Å². The van der Waals surface area contributed by atoms with Crippen molar-refractivity contribution in [1.29, 1.82) is 0 Å². The molecule has 0 spiro atoms. The number of rotatable bonds is 4. The Hall–Kier alpha value is -2.82. The lowest BCUT2D eigenvalue weighted by atomic mass is 10.0. The van der Waals surface area contributed by atoms with Crippen LogP contribution in [0, 0.1) is 6.92 Å². The van der Waals surface area contributed by atoms with Crippen LogP contribution in [0.25, 0.3) is 10.8 Å². The first kappa shape index (κ1) is 16.1. The van der Waals surface area contributed by atoms with Gasteiger partial charge in [-0.05, 0) is 44.4 Å². The minimum absolute atomic E-state index is 0.0581. The van der Waals surface area contributed by atoms with Crippen molar-refractivity contribution in [1.82, 2.24) is 9.55 Å². The van der Waals surface area contributed by atoms with Gasteiger partial charge < -0.3 is 9.47 Å². The molecule has 0 aliphatic heterocycles. The van der Waals surface area contributed by atoms with Crippen LogP contribution in [0.4, 0.5) is 0 Å². The monoisotopic (exact) mass is 324 g/mol. The second kappa shape index (κ2) is 6.35. The minimum Gasteiger partial charge on any atom is -0.497 e. The van der Waals surface area contributed by atoms with Crippen LogP contribution in [0.3, 0.4) is 0 Å². The van der Waals surface area contributed by atoms with Crippen molar-refractivity contribution >= 4 is 16.7 Å². The number of imidazole rings is 1. The normalized spacial score (nSPS) is 11.0. The topological polar surface area (TPSA) is 53.4 Å². The fraction of sp³-hybridized carbons (Fsp3) is 0.263. The first-order valence-corrected chi connectivity index (χ1v) is 7.83. The van der Waals surface area contributed by atoms with E-state index in [1.165, 1.54) is 4.57 Å². The highest BCUT2D eigenvalue weighted by Crippen LogP contribution is 2.34. The highest BCUT2D eigenvalue weighted by molar-refractivity contribution is 6.05. The third-order valence-corrected chi connectivity index (χ3v) is 3.81. The zero-order valence-corrected chi connectivity index (χ0v) is 14.2. The fourth-order valence-electron chi connectivity index (χ4n) is 2.65. The molecule has 24 heavy (non-hydrogen) atoms. The molecule has 0 amide bonds. The van der Waals surface area contributed by atoms with Gasteiger partial charge in [0.1, 0.15) is 17.3 Å². The molecule has 1 heterocycles. The van der Waals surface area contributed by atoms with Gasteiger partial charge in [0.25, 0.3) is 5.91 Å². The Bertz CT molecular complexity index is 897. The molecule has 3 rings (SSSR count). The van der Waals surface area contributed by atoms with E-state index >= 15 is 0 Å². The van der Waals surface area contributed by atoms with Gasteiger partial charge >= 0.3 is 0 Å². The molecule has 2 aromatic carbocycles. The molecule has 0 unspecified atom stereocenters. The molecule has 0 atom stereocenters. The van der Waals surface area contributed by atoms with Crippen molar-refractivity contribution < 1.29 is 14.3 Å². The maximum absolute atomic E-state index is 12.9. The van der Waals surface area contributed by atoms with Gasteiger partial charge in [-0.1, -0.05) is 12.1 Å². The molecule has 0 saturated carbocycles. The number of nitrogens with zero attached hydrogens (tertiary/aromatic N) is 2. The predicted molar refractivity (Wildman–Crippen MR) is 93.0 cm³/mol. The first-order chi connectivity index (χ1) is 11.5. The van der Waals surface area contributed by atoms with E-state index in [4.69, 9.17) is 9.47 Å². The molecule has 0 fully saturated rings. The van der Waals surface area contributed by atoms with E-state index in [0.717, 1.165) is 16.5 Å². The summed E-state index contributed by atoms with van der Waals surface area (Å²) in [5, 5.41) is 1.84. The molecule has 5 nitrogen and oxygen atoms in total. The van der Waals surface area contributed by atoms with Crippen molar-refractivity contribution in [2.24, 2.45) is 0 Å². The molecule has 124 valence electrons. The molecular formula is C19H20N2O3. The van der Waals surface area contributed by atoms with Crippen LogP contribution in [0.1, 0.15) is 30.0 Å². The van der Waals surface area contributed by atoms with Gasteiger partial charge in [0.05, 0.1) is 18.8 Å². The smallest absolute Gasteiger partial charge is 0.267 e. The zero-order valence-electron chi connectivity index (χ0n) is 14.2. The lowest BCUT2D eigenvalue weighted by Crippen LogP contribution is -2.16. The Morgan fingerprint density at radius 2 is 1.96 bits per heavy atom. The van der Waals surface area contributed by atoms with Crippen LogP contribution in [-0.4, -0.2) is 28.7 Å². The number of hydrogen-bond donors (Lipinski definition) is 0. The van der Waals surface area contributed by atoms with Crippen LogP contribution in [0.15, 0.2) is 42.7 Å². The molecule has 0 saturated heterocycles.